The number of aryl methyl sites for hydroxylation is 1. The Morgan fingerprint density at radius 3 is 2.70 bits per heavy atom. The number of nitrogens with zero attached hydrogens (tertiary/aromatic N) is 4. The van der Waals surface area contributed by atoms with Crippen molar-refractivity contribution in [1.29, 1.82) is 0 Å². The van der Waals surface area contributed by atoms with Crippen LogP contribution in [0.5, 0.6) is 0 Å². The summed E-state index contributed by atoms with van der Waals surface area (Å²) in [6.07, 6.45) is 5.60. The number of hydrogen-bond acceptors (Lipinski definition) is 10. The molecule has 0 saturated carbocycles. The molecule has 12 nitrogen and oxygen atoms in total. The molecule has 0 spiro atoms. The molecule has 5 atom stereocenters. The van der Waals surface area contributed by atoms with Gasteiger partial charge in [-0.3, -0.25) is 4.68 Å². The van der Waals surface area contributed by atoms with Crippen LogP contribution in [0.2, 0.25) is 5.02 Å². The van der Waals surface area contributed by atoms with Crippen molar-refractivity contribution in [2.45, 2.75) is 43.2 Å². The zero-order valence-corrected chi connectivity index (χ0v) is 19.6. The van der Waals surface area contributed by atoms with Crippen LogP contribution in [0.15, 0.2) is 18.6 Å². The third-order valence-electron chi connectivity index (χ3n) is 5.84. The van der Waals surface area contributed by atoms with E-state index in [1.807, 2.05) is 7.05 Å². The van der Waals surface area contributed by atoms with E-state index in [-0.39, 0.29) is 30.6 Å². The maximum atomic E-state index is 12.6. The molecule has 3 aliphatic heterocycles. The summed E-state index contributed by atoms with van der Waals surface area (Å²) >= 11 is 6.30. The van der Waals surface area contributed by atoms with Crippen molar-refractivity contribution in [1.82, 2.24) is 24.5 Å². The minimum atomic E-state index is -3.52. The summed E-state index contributed by atoms with van der Waals surface area (Å²) in [5, 5.41) is 10.8. The molecule has 3 N–H and O–H groups in total. The molecule has 33 heavy (non-hydrogen) atoms. The van der Waals surface area contributed by atoms with Crippen molar-refractivity contribution in [3.8, 4) is 0 Å². The van der Waals surface area contributed by atoms with E-state index in [1.54, 1.807) is 17.1 Å². The van der Waals surface area contributed by atoms with E-state index in [0.29, 0.717) is 30.0 Å². The molecular formula is C19H26ClN7O5S. The molecule has 14 heteroatoms. The fourth-order valence-electron chi connectivity index (χ4n) is 4.34. The van der Waals surface area contributed by atoms with Crippen molar-refractivity contribution in [3.63, 3.8) is 0 Å². The van der Waals surface area contributed by atoms with Crippen molar-refractivity contribution < 1.29 is 22.6 Å². The first-order chi connectivity index (χ1) is 15.9. The van der Waals surface area contributed by atoms with Gasteiger partial charge < -0.3 is 24.8 Å². The Morgan fingerprint density at radius 1 is 1.18 bits per heavy atom. The van der Waals surface area contributed by atoms with Gasteiger partial charge >= 0.3 is 0 Å². The largest absolute Gasteiger partial charge is 0.377 e. The molecule has 0 bridgehead atoms. The quantitative estimate of drug-likeness (QED) is 0.474. The second-order valence-corrected chi connectivity index (χ2v) is 10.6. The number of halogens is 1. The van der Waals surface area contributed by atoms with E-state index in [1.165, 1.54) is 6.20 Å². The molecule has 180 valence electrons. The summed E-state index contributed by atoms with van der Waals surface area (Å²) in [5.74, 6) is 0.738. The number of sulfonamides is 1. The van der Waals surface area contributed by atoms with Crippen molar-refractivity contribution in [2.75, 3.05) is 36.2 Å². The Labute approximate surface area is 196 Å². The highest BCUT2D eigenvalue weighted by Crippen LogP contribution is 2.31. The Hall–Kier alpha value is -2.03. The van der Waals surface area contributed by atoms with Crippen LogP contribution in [0.4, 0.5) is 17.5 Å². The molecule has 3 aliphatic rings. The normalized spacial score (nSPS) is 29.3. The number of rotatable bonds is 8. The summed E-state index contributed by atoms with van der Waals surface area (Å²) in [7, 11) is -1.70. The number of nitrogens with one attached hydrogen (secondary N) is 3. The monoisotopic (exact) mass is 499 g/mol. The average Bonchev–Trinajstić information content (AvgIpc) is 3.54. The molecule has 5 rings (SSSR count). The molecule has 5 heterocycles. The van der Waals surface area contributed by atoms with Crippen LogP contribution in [0.3, 0.4) is 0 Å². The van der Waals surface area contributed by atoms with Gasteiger partial charge in [0.15, 0.2) is 5.82 Å². The van der Waals surface area contributed by atoms with E-state index in [4.69, 9.17) is 25.8 Å². The van der Waals surface area contributed by atoms with Gasteiger partial charge in [-0.1, -0.05) is 11.6 Å². The molecule has 0 amide bonds. The van der Waals surface area contributed by atoms with Crippen LogP contribution in [0.1, 0.15) is 12.8 Å². The summed E-state index contributed by atoms with van der Waals surface area (Å²) in [5.41, 5.74) is 0.743. The third-order valence-corrected chi connectivity index (χ3v) is 7.59. The Morgan fingerprint density at radius 2 is 1.97 bits per heavy atom. The first-order valence-corrected chi connectivity index (χ1v) is 12.8. The summed E-state index contributed by atoms with van der Waals surface area (Å²) in [6, 6.07) is -0.710. The van der Waals surface area contributed by atoms with Crippen LogP contribution in [-0.4, -0.2) is 84.1 Å². The van der Waals surface area contributed by atoms with Crippen LogP contribution in [0, 0.1) is 0 Å². The molecule has 0 radical (unpaired) electrons. The number of fused-ring (bicyclic) bond motifs is 1. The van der Waals surface area contributed by atoms with Gasteiger partial charge in [-0.15, -0.1) is 0 Å². The number of aromatic nitrogens is 4. The van der Waals surface area contributed by atoms with Gasteiger partial charge in [-0.05, 0) is 12.8 Å². The molecule has 0 aliphatic carbocycles. The van der Waals surface area contributed by atoms with Crippen LogP contribution in [-0.2, 0) is 31.3 Å². The molecule has 3 fully saturated rings. The van der Waals surface area contributed by atoms with Gasteiger partial charge in [0.1, 0.15) is 17.2 Å². The van der Waals surface area contributed by atoms with E-state index in [9.17, 15) is 8.42 Å². The molecule has 0 aromatic carbocycles. The van der Waals surface area contributed by atoms with E-state index in [2.05, 4.69) is 30.4 Å². The maximum Gasteiger partial charge on any atom is 0.229 e. The minimum absolute atomic E-state index is 0.0498. The minimum Gasteiger partial charge on any atom is -0.377 e. The lowest BCUT2D eigenvalue weighted by Crippen LogP contribution is -2.46. The van der Waals surface area contributed by atoms with Gasteiger partial charge in [0.25, 0.3) is 0 Å². The van der Waals surface area contributed by atoms with E-state index in [0.717, 1.165) is 18.5 Å². The zero-order valence-electron chi connectivity index (χ0n) is 18.0. The molecule has 2 aromatic heterocycles. The van der Waals surface area contributed by atoms with Crippen LogP contribution >= 0.6 is 11.6 Å². The highest BCUT2D eigenvalue weighted by molar-refractivity contribution is 7.89. The highest BCUT2D eigenvalue weighted by Gasteiger charge is 2.49. The molecule has 2 aromatic rings. The number of ether oxygens (including phenoxy) is 3. The van der Waals surface area contributed by atoms with Gasteiger partial charge in [0, 0.05) is 19.9 Å². The molecule has 3 unspecified atom stereocenters. The predicted molar refractivity (Wildman–Crippen MR) is 120 cm³/mol. The number of hydrogen-bond donors (Lipinski definition) is 3. The van der Waals surface area contributed by atoms with Crippen molar-refractivity contribution >= 4 is 39.1 Å². The van der Waals surface area contributed by atoms with Gasteiger partial charge in [-0.2, -0.15) is 10.1 Å². The number of anilines is 3. The highest BCUT2D eigenvalue weighted by atomic mass is 35.5. The second kappa shape index (κ2) is 9.31. The van der Waals surface area contributed by atoms with Gasteiger partial charge in [-0.25, -0.2) is 18.1 Å². The average molecular weight is 500 g/mol. The smallest absolute Gasteiger partial charge is 0.229 e. The first kappa shape index (κ1) is 22.7. The predicted octanol–water partition coefficient (Wildman–Crippen LogP) is 0.652. The van der Waals surface area contributed by atoms with Gasteiger partial charge in [0.05, 0.1) is 55.2 Å². The van der Waals surface area contributed by atoms with E-state index < -0.39 is 22.2 Å². The molecule has 3 saturated heterocycles. The third kappa shape index (κ3) is 5.23. The lowest BCUT2D eigenvalue weighted by molar-refractivity contribution is 0.0690. The summed E-state index contributed by atoms with van der Waals surface area (Å²) < 4.78 is 46.8. The lowest BCUT2D eigenvalue weighted by atomic mass is 10.1. The summed E-state index contributed by atoms with van der Waals surface area (Å²) in [6.45, 7) is 1.16. The summed E-state index contributed by atoms with van der Waals surface area (Å²) in [4.78, 5) is 8.65. The second-order valence-electron chi connectivity index (χ2n) is 8.41. The standard InChI is InChI=1S/C19H26ClN7O5S/c1-27-7-11(5-22-27)23-19-21-6-13(20)18(25-19)24-14-8-31-17-15(9-32-16(14)17)26-33(28,29)10-12-3-2-4-30-12/h5-7,12,14-17,26H,2-4,8-10H2,1H3,(H2,21,23,24,25)/t12?,14-,15+,16?,17?/m1/s1. The topological polar surface area (TPSA) is 142 Å². The van der Waals surface area contributed by atoms with E-state index >= 15 is 0 Å². The van der Waals surface area contributed by atoms with Crippen LogP contribution in [0.25, 0.3) is 0 Å². The zero-order chi connectivity index (χ0) is 23.0. The fourth-order valence-corrected chi connectivity index (χ4v) is 6.00. The SMILES string of the molecule is Cn1cc(Nc2ncc(Cl)c(N[C@@H]3COC4C3OC[C@@H]4NS(=O)(=O)CC3CCCO3)n2)cn1. The van der Waals surface area contributed by atoms with Crippen LogP contribution < -0.4 is 15.4 Å². The molecular weight excluding hydrogens is 474 g/mol. The lowest BCUT2D eigenvalue weighted by Gasteiger charge is -2.20. The van der Waals surface area contributed by atoms with Crippen molar-refractivity contribution in [2.24, 2.45) is 7.05 Å². The Bertz CT molecular complexity index is 1090. The first-order valence-electron chi connectivity index (χ1n) is 10.8. The Kier molecular flexibility index (Phi) is 6.42. The van der Waals surface area contributed by atoms with Crippen molar-refractivity contribution in [3.05, 3.63) is 23.6 Å². The van der Waals surface area contributed by atoms with Gasteiger partial charge in [0.2, 0.25) is 16.0 Å². The Balaban J connectivity index is 1.21. The fraction of sp³-hybridized carbons (Fsp3) is 0.632. The maximum absolute atomic E-state index is 12.6.